The van der Waals surface area contributed by atoms with Gasteiger partial charge in [0.05, 0.1) is 5.56 Å². The second-order valence-corrected chi connectivity index (χ2v) is 6.62. The number of carbonyl (C=O) groups excluding carboxylic acids is 2. The van der Waals surface area contributed by atoms with Crippen LogP contribution in [0.1, 0.15) is 10.4 Å². The van der Waals surface area contributed by atoms with E-state index in [0.29, 0.717) is 0 Å². The van der Waals surface area contributed by atoms with Gasteiger partial charge >= 0.3 is 5.97 Å². The van der Waals surface area contributed by atoms with E-state index in [2.05, 4.69) is 5.32 Å². The molecule has 1 amide bonds. The van der Waals surface area contributed by atoms with Crippen molar-refractivity contribution in [2.45, 2.75) is 10.0 Å². The monoisotopic (exact) mass is 389 g/mol. The average molecular weight is 391 g/mol. The molecule has 4 nitrogen and oxygen atoms in total. The fourth-order valence-corrected chi connectivity index (χ4v) is 1.62. The van der Waals surface area contributed by atoms with Gasteiger partial charge in [-0.15, -0.1) is 0 Å². The molecule has 0 bridgehead atoms. The number of esters is 1. The average Bonchev–Trinajstić information content (AvgIpc) is 2.45. The summed E-state index contributed by atoms with van der Waals surface area (Å²) in [5.74, 6) is -1.64. The first kappa shape index (κ1) is 18.4. The van der Waals surface area contributed by atoms with Gasteiger partial charge in [-0.25, -0.2) is 4.79 Å². The summed E-state index contributed by atoms with van der Waals surface area (Å²) < 4.78 is 2.88. The van der Waals surface area contributed by atoms with E-state index in [0.717, 1.165) is 5.54 Å². The normalized spacial score (nSPS) is 13.5. The van der Waals surface area contributed by atoms with Crippen molar-refractivity contribution in [1.29, 1.82) is 0 Å². The first-order chi connectivity index (χ1) is 9.75. The number of halogens is 5. The van der Waals surface area contributed by atoms with Crippen molar-refractivity contribution >= 4 is 69.9 Å². The molecule has 0 saturated heterocycles. The molecular formula is C12H8Cl5NO3. The Bertz CT molecular complexity index is 542. The van der Waals surface area contributed by atoms with Crippen molar-refractivity contribution in [3.63, 3.8) is 0 Å². The molecule has 0 saturated carbocycles. The second-order valence-electron chi connectivity index (χ2n) is 3.62. The number of hydrogen-bond acceptors (Lipinski definition) is 3. The molecule has 1 atom stereocenters. The van der Waals surface area contributed by atoms with Gasteiger partial charge in [-0.1, -0.05) is 76.2 Å². The third kappa shape index (κ3) is 5.93. The van der Waals surface area contributed by atoms with E-state index >= 15 is 0 Å². The van der Waals surface area contributed by atoms with Crippen molar-refractivity contribution in [3.05, 3.63) is 46.5 Å². The van der Waals surface area contributed by atoms with Gasteiger partial charge in [0.1, 0.15) is 5.03 Å². The maximum atomic E-state index is 11.9. The number of hydrogen-bond donors (Lipinski definition) is 1. The molecule has 1 N–H and O–H groups in total. The molecule has 0 aliphatic heterocycles. The summed E-state index contributed by atoms with van der Waals surface area (Å²) in [4.78, 5) is 23.5. The van der Waals surface area contributed by atoms with Crippen molar-refractivity contribution in [2.75, 3.05) is 0 Å². The number of amides is 1. The molecule has 1 aromatic rings. The van der Waals surface area contributed by atoms with E-state index in [-0.39, 0.29) is 10.6 Å². The highest BCUT2D eigenvalue weighted by molar-refractivity contribution is 6.68. The zero-order valence-electron chi connectivity index (χ0n) is 10.2. The molecule has 1 aromatic carbocycles. The van der Waals surface area contributed by atoms with Crippen LogP contribution in [0.4, 0.5) is 0 Å². The Kier molecular flexibility index (Phi) is 7.10. The zero-order chi connectivity index (χ0) is 16.0. The van der Waals surface area contributed by atoms with Crippen LogP contribution in [0.15, 0.2) is 40.9 Å². The van der Waals surface area contributed by atoms with Crippen LogP contribution in [-0.2, 0) is 9.53 Å². The van der Waals surface area contributed by atoms with Gasteiger partial charge in [0.2, 0.25) is 10.0 Å². The van der Waals surface area contributed by atoms with Crippen molar-refractivity contribution in [3.8, 4) is 0 Å². The van der Waals surface area contributed by atoms with E-state index in [9.17, 15) is 9.59 Å². The van der Waals surface area contributed by atoms with Crippen LogP contribution in [0.3, 0.4) is 0 Å². The molecule has 0 spiro atoms. The Morgan fingerprint density at radius 3 is 2.24 bits per heavy atom. The number of carbonyl (C=O) groups is 2. The summed E-state index contributed by atoms with van der Waals surface area (Å²) in [6.07, 6.45) is -1.55. The highest BCUT2D eigenvalue weighted by Crippen LogP contribution is 2.31. The predicted molar refractivity (Wildman–Crippen MR) is 83.9 cm³/mol. The lowest BCUT2D eigenvalue weighted by molar-refractivity contribution is -0.119. The molecule has 9 heteroatoms. The van der Waals surface area contributed by atoms with E-state index in [1.165, 1.54) is 12.1 Å². The molecule has 0 heterocycles. The van der Waals surface area contributed by atoms with Gasteiger partial charge in [-0.3, -0.25) is 4.79 Å². The van der Waals surface area contributed by atoms with Crippen LogP contribution < -0.4 is 5.32 Å². The van der Waals surface area contributed by atoms with E-state index in [4.69, 9.17) is 62.7 Å². The Labute approximate surface area is 145 Å². The lowest BCUT2D eigenvalue weighted by Crippen LogP contribution is -2.46. The number of ether oxygens (including phenoxy) is 1. The number of nitrogens with one attached hydrogen (secondary N) is 1. The third-order valence-corrected chi connectivity index (χ3v) is 3.31. The zero-order valence-corrected chi connectivity index (χ0v) is 13.9. The molecule has 0 fully saturated rings. The Morgan fingerprint density at radius 1 is 1.19 bits per heavy atom. The van der Waals surface area contributed by atoms with Crippen LogP contribution in [0.25, 0.3) is 0 Å². The summed E-state index contributed by atoms with van der Waals surface area (Å²) in [7, 11) is 0. The number of rotatable bonds is 4. The van der Waals surface area contributed by atoms with Gasteiger partial charge < -0.3 is 10.1 Å². The standard InChI is InChI=1S/C12H8Cl5NO3/c13-6-8(14)9(19)18-11(12(15,16)17)21-10(20)7-4-2-1-3-5-7/h1-6,11H,(H,18,19)/b8-6-. The van der Waals surface area contributed by atoms with Crippen LogP contribution in [0, 0.1) is 0 Å². The topological polar surface area (TPSA) is 55.4 Å². The molecule has 1 rings (SSSR count). The van der Waals surface area contributed by atoms with Gasteiger partial charge in [0.15, 0.2) is 0 Å². The summed E-state index contributed by atoms with van der Waals surface area (Å²) in [5, 5.41) is 1.79. The highest BCUT2D eigenvalue weighted by Gasteiger charge is 2.38. The largest absolute Gasteiger partial charge is 0.433 e. The van der Waals surface area contributed by atoms with Crippen LogP contribution in [0.2, 0.25) is 0 Å². The smallest absolute Gasteiger partial charge is 0.340 e. The first-order valence-corrected chi connectivity index (χ1v) is 7.30. The van der Waals surface area contributed by atoms with Crippen LogP contribution >= 0.6 is 58.0 Å². The molecule has 0 aromatic heterocycles. The minimum atomic E-state index is -2.09. The molecule has 1 unspecified atom stereocenters. The van der Waals surface area contributed by atoms with Gasteiger partial charge in [-0.2, -0.15) is 0 Å². The minimum Gasteiger partial charge on any atom is -0.433 e. The molecule has 0 radical (unpaired) electrons. The quantitative estimate of drug-likeness (QED) is 0.366. The summed E-state index contributed by atoms with van der Waals surface area (Å²) in [6.45, 7) is 0. The number of alkyl halides is 3. The summed E-state index contributed by atoms with van der Waals surface area (Å²) >= 11 is 27.8. The highest BCUT2D eigenvalue weighted by atomic mass is 35.6. The van der Waals surface area contributed by atoms with Gasteiger partial charge in [0.25, 0.3) is 5.91 Å². The van der Waals surface area contributed by atoms with Gasteiger partial charge in [0, 0.05) is 5.54 Å². The predicted octanol–water partition coefficient (Wildman–Crippen LogP) is 3.97. The fraction of sp³-hybridized carbons (Fsp3) is 0.167. The summed E-state index contributed by atoms with van der Waals surface area (Å²) in [5.41, 5.74) is 1.05. The fourth-order valence-electron chi connectivity index (χ4n) is 1.16. The summed E-state index contributed by atoms with van der Waals surface area (Å²) in [6, 6.07) is 7.99. The van der Waals surface area contributed by atoms with Gasteiger partial charge in [-0.05, 0) is 12.1 Å². The SMILES string of the molecule is O=C(NC(OC(=O)c1ccccc1)C(Cl)(Cl)Cl)/C(Cl)=C/Cl. The first-order valence-electron chi connectivity index (χ1n) is 5.35. The van der Waals surface area contributed by atoms with E-state index in [1.807, 2.05) is 0 Å². The van der Waals surface area contributed by atoms with Crippen molar-refractivity contribution in [2.24, 2.45) is 0 Å². The molecule has 0 aliphatic rings. The van der Waals surface area contributed by atoms with E-state index < -0.39 is 21.9 Å². The van der Waals surface area contributed by atoms with E-state index in [1.54, 1.807) is 18.2 Å². The Morgan fingerprint density at radius 2 is 1.76 bits per heavy atom. The molecular weight excluding hydrogens is 383 g/mol. The molecule has 114 valence electrons. The Hall–Kier alpha value is -0.650. The minimum absolute atomic E-state index is 0.227. The van der Waals surface area contributed by atoms with Crippen molar-refractivity contribution < 1.29 is 14.3 Å². The maximum Gasteiger partial charge on any atom is 0.340 e. The molecule has 0 aliphatic carbocycles. The van der Waals surface area contributed by atoms with Crippen LogP contribution in [0.5, 0.6) is 0 Å². The third-order valence-electron chi connectivity index (χ3n) is 2.11. The maximum absolute atomic E-state index is 11.9. The van der Waals surface area contributed by atoms with Crippen molar-refractivity contribution in [1.82, 2.24) is 5.32 Å². The second kappa shape index (κ2) is 8.11. The number of benzene rings is 1. The Balaban J connectivity index is 2.85. The lowest BCUT2D eigenvalue weighted by Gasteiger charge is -2.25. The molecule has 21 heavy (non-hydrogen) atoms. The lowest BCUT2D eigenvalue weighted by atomic mass is 10.2. The van der Waals surface area contributed by atoms with Crippen LogP contribution in [-0.4, -0.2) is 21.9 Å².